The zero-order valence-corrected chi connectivity index (χ0v) is 9.67. The number of benzene rings is 1. The standard InChI is InChI=1S/C11H14N2O4/c1-8(2)7-17-12-11(14)9-3-5-10(6-4-9)13(15)16/h3-6,8H,7H2,1-2H3,(H,12,14). The van der Waals surface area contributed by atoms with Crippen LogP contribution >= 0.6 is 0 Å². The van der Waals surface area contributed by atoms with Crippen molar-refractivity contribution in [2.45, 2.75) is 13.8 Å². The van der Waals surface area contributed by atoms with E-state index in [2.05, 4.69) is 5.48 Å². The highest BCUT2D eigenvalue weighted by Crippen LogP contribution is 2.11. The number of hydrogen-bond acceptors (Lipinski definition) is 4. The summed E-state index contributed by atoms with van der Waals surface area (Å²) in [7, 11) is 0. The van der Waals surface area contributed by atoms with Gasteiger partial charge in [0.15, 0.2) is 0 Å². The topological polar surface area (TPSA) is 81.5 Å². The lowest BCUT2D eigenvalue weighted by atomic mass is 10.2. The largest absolute Gasteiger partial charge is 0.274 e. The summed E-state index contributed by atoms with van der Waals surface area (Å²) in [5, 5.41) is 10.4. The smallest absolute Gasteiger partial charge is 0.273 e. The summed E-state index contributed by atoms with van der Waals surface area (Å²) in [5.74, 6) is -0.104. The first-order chi connectivity index (χ1) is 8.00. The first kappa shape index (κ1) is 13.1. The zero-order valence-electron chi connectivity index (χ0n) is 9.67. The molecule has 1 aromatic carbocycles. The van der Waals surface area contributed by atoms with Crippen molar-refractivity contribution in [2.75, 3.05) is 6.61 Å². The minimum absolute atomic E-state index is 0.0513. The molecule has 0 aliphatic rings. The monoisotopic (exact) mass is 238 g/mol. The number of hydroxylamine groups is 1. The van der Waals surface area contributed by atoms with Crippen LogP contribution in [0.1, 0.15) is 24.2 Å². The SMILES string of the molecule is CC(C)CONC(=O)c1ccc([N+](=O)[O-])cc1. The van der Waals surface area contributed by atoms with Gasteiger partial charge in [-0.3, -0.25) is 19.7 Å². The number of carbonyl (C=O) groups excluding carboxylic acids is 1. The van der Waals surface area contributed by atoms with Gasteiger partial charge in [0.05, 0.1) is 11.5 Å². The van der Waals surface area contributed by atoms with Crippen LogP contribution in [-0.4, -0.2) is 17.4 Å². The summed E-state index contributed by atoms with van der Waals surface area (Å²) in [6.45, 7) is 4.33. The number of nitro groups is 1. The molecule has 0 aromatic heterocycles. The Bertz CT molecular complexity index is 400. The van der Waals surface area contributed by atoms with E-state index in [1.807, 2.05) is 13.8 Å². The lowest BCUT2D eigenvalue weighted by Crippen LogP contribution is -2.25. The number of nitrogens with zero attached hydrogens (tertiary/aromatic N) is 1. The summed E-state index contributed by atoms with van der Waals surface area (Å²) < 4.78 is 0. The molecular formula is C11H14N2O4. The van der Waals surface area contributed by atoms with Crippen LogP contribution in [0.5, 0.6) is 0 Å². The molecule has 1 N–H and O–H groups in total. The Hall–Kier alpha value is -1.95. The molecule has 0 bridgehead atoms. The van der Waals surface area contributed by atoms with Crippen LogP contribution in [0.4, 0.5) is 5.69 Å². The quantitative estimate of drug-likeness (QED) is 0.627. The van der Waals surface area contributed by atoms with Crippen molar-refractivity contribution in [3.05, 3.63) is 39.9 Å². The fourth-order valence-electron chi connectivity index (χ4n) is 1.07. The van der Waals surface area contributed by atoms with Crippen LogP contribution in [0.15, 0.2) is 24.3 Å². The van der Waals surface area contributed by atoms with E-state index < -0.39 is 10.8 Å². The van der Waals surface area contributed by atoms with Gasteiger partial charge in [0, 0.05) is 17.7 Å². The molecular weight excluding hydrogens is 224 g/mol. The third kappa shape index (κ3) is 4.20. The van der Waals surface area contributed by atoms with Crippen LogP contribution in [0, 0.1) is 16.0 Å². The van der Waals surface area contributed by atoms with Gasteiger partial charge in [-0.15, -0.1) is 0 Å². The van der Waals surface area contributed by atoms with Crippen molar-refractivity contribution in [1.29, 1.82) is 0 Å². The van der Waals surface area contributed by atoms with E-state index >= 15 is 0 Å². The van der Waals surface area contributed by atoms with Crippen molar-refractivity contribution in [1.82, 2.24) is 5.48 Å². The first-order valence-electron chi connectivity index (χ1n) is 5.17. The fourth-order valence-corrected chi connectivity index (χ4v) is 1.07. The Balaban J connectivity index is 2.55. The van der Waals surface area contributed by atoms with E-state index in [0.29, 0.717) is 18.1 Å². The van der Waals surface area contributed by atoms with E-state index in [9.17, 15) is 14.9 Å². The second kappa shape index (κ2) is 5.95. The number of non-ortho nitro benzene ring substituents is 1. The molecule has 0 saturated heterocycles. The maximum absolute atomic E-state index is 11.5. The van der Waals surface area contributed by atoms with Crippen LogP contribution in [-0.2, 0) is 4.84 Å². The number of carbonyl (C=O) groups is 1. The lowest BCUT2D eigenvalue weighted by Gasteiger charge is -2.07. The van der Waals surface area contributed by atoms with E-state index in [1.54, 1.807) is 0 Å². The molecule has 92 valence electrons. The molecule has 0 fully saturated rings. The third-order valence-corrected chi connectivity index (χ3v) is 1.92. The van der Waals surface area contributed by atoms with Crippen LogP contribution in [0.2, 0.25) is 0 Å². The van der Waals surface area contributed by atoms with Gasteiger partial charge in [0.25, 0.3) is 11.6 Å². The number of nitro benzene ring substituents is 1. The molecule has 6 heteroatoms. The van der Waals surface area contributed by atoms with Gasteiger partial charge < -0.3 is 0 Å². The predicted molar refractivity (Wildman–Crippen MR) is 61.4 cm³/mol. The van der Waals surface area contributed by atoms with Gasteiger partial charge in [-0.05, 0) is 18.1 Å². The summed E-state index contributed by atoms with van der Waals surface area (Å²) in [5.41, 5.74) is 2.54. The van der Waals surface area contributed by atoms with Crippen molar-refractivity contribution in [3.8, 4) is 0 Å². The molecule has 0 radical (unpaired) electrons. The molecule has 0 spiro atoms. The molecule has 0 unspecified atom stereocenters. The summed E-state index contributed by atoms with van der Waals surface area (Å²) >= 11 is 0. The highest BCUT2D eigenvalue weighted by atomic mass is 16.7. The van der Waals surface area contributed by atoms with E-state index in [-0.39, 0.29) is 5.69 Å². The molecule has 1 aromatic rings. The molecule has 0 heterocycles. The van der Waals surface area contributed by atoms with Crippen molar-refractivity contribution >= 4 is 11.6 Å². The maximum atomic E-state index is 11.5. The Morgan fingerprint density at radius 3 is 2.47 bits per heavy atom. The van der Waals surface area contributed by atoms with Crippen LogP contribution < -0.4 is 5.48 Å². The Labute approximate surface area is 98.7 Å². The average Bonchev–Trinajstić information content (AvgIpc) is 2.28. The van der Waals surface area contributed by atoms with Crippen molar-refractivity contribution < 1.29 is 14.6 Å². The van der Waals surface area contributed by atoms with E-state index in [1.165, 1.54) is 24.3 Å². The highest BCUT2D eigenvalue weighted by Gasteiger charge is 2.09. The summed E-state index contributed by atoms with van der Waals surface area (Å²) in [6, 6.07) is 5.31. The maximum Gasteiger partial charge on any atom is 0.274 e. The molecule has 0 aliphatic heterocycles. The van der Waals surface area contributed by atoms with Gasteiger partial charge in [-0.2, -0.15) is 0 Å². The number of hydrogen-bond donors (Lipinski definition) is 1. The van der Waals surface area contributed by atoms with Gasteiger partial charge in [0.1, 0.15) is 0 Å². The van der Waals surface area contributed by atoms with Gasteiger partial charge in [0.2, 0.25) is 0 Å². The predicted octanol–water partition coefficient (Wildman–Crippen LogP) is 1.91. The first-order valence-corrected chi connectivity index (χ1v) is 5.17. The minimum Gasteiger partial charge on any atom is -0.273 e. The molecule has 1 amide bonds. The van der Waals surface area contributed by atoms with Gasteiger partial charge in [-0.1, -0.05) is 13.8 Å². The molecule has 0 atom stereocenters. The second-order valence-electron chi connectivity index (χ2n) is 3.94. The third-order valence-electron chi connectivity index (χ3n) is 1.92. The highest BCUT2D eigenvalue weighted by molar-refractivity contribution is 5.93. The van der Waals surface area contributed by atoms with Gasteiger partial charge in [-0.25, -0.2) is 5.48 Å². The van der Waals surface area contributed by atoms with E-state index in [4.69, 9.17) is 4.84 Å². The van der Waals surface area contributed by atoms with Crippen molar-refractivity contribution in [3.63, 3.8) is 0 Å². The Kier molecular flexibility index (Phi) is 4.59. The number of nitrogens with one attached hydrogen (secondary N) is 1. The lowest BCUT2D eigenvalue weighted by molar-refractivity contribution is -0.384. The molecule has 17 heavy (non-hydrogen) atoms. The van der Waals surface area contributed by atoms with E-state index in [0.717, 1.165) is 0 Å². The molecule has 0 saturated carbocycles. The summed E-state index contributed by atoms with van der Waals surface area (Å²) in [6.07, 6.45) is 0. The Morgan fingerprint density at radius 1 is 1.41 bits per heavy atom. The number of amides is 1. The second-order valence-corrected chi connectivity index (χ2v) is 3.94. The fraction of sp³-hybridized carbons (Fsp3) is 0.364. The van der Waals surface area contributed by atoms with Crippen LogP contribution in [0.25, 0.3) is 0 Å². The number of rotatable bonds is 5. The zero-order chi connectivity index (χ0) is 12.8. The minimum atomic E-state index is -0.517. The molecule has 6 nitrogen and oxygen atoms in total. The normalized spacial score (nSPS) is 10.3. The average molecular weight is 238 g/mol. The van der Waals surface area contributed by atoms with Gasteiger partial charge >= 0.3 is 0 Å². The Morgan fingerprint density at radius 2 is 2.00 bits per heavy atom. The van der Waals surface area contributed by atoms with Crippen LogP contribution in [0.3, 0.4) is 0 Å². The van der Waals surface area contributed by atoms with Crippen molar-refractivity contribution in [2.24, 2.45) is 5.92 Å². The summed E-state index contributed by atoms with van der Waals surface area (Å²) in [4.78, 5) is 26.3. The molecule has 0 aliphatic carbocycles. The molecule has 1 rings (SSSR count).